The summed E-state index contributed by atoms with van der Waals surface area (Å²) in [7, 11) is 0. The number of aliphatic imine (C=N–C) groups is 1. The van der Waals surface area contributed by atoms with Crippen LogP contribution >= 0.6 is 0 Å². The van der Waals surface area contributed by atoms with Crippen LogP contribution in [0.25, 0.3) is 0 Å². The van der Waals surface area contributed by atoms with Crippen LogP contribution in [0.5, 0.6) is 0 Å². The molecule has 0 radical (unpaired) electrons. The molecule has 1 amide bonds. The highest BCUT2D eigenvalue weighted by Gasteiger charge is 2.24. The predicted molar refractivity (Wildman–Crippen MR) is 75.5 cm³/mol. The zero-order chi connectivity index (χ0) is 14.1. The molecule has 4 N–H and O–H groups in total. The van der Waals surface area contributed by atoms with Gasteiger partial charge in [0, 0.05) is 19.1 Å². The van der Waals surface area contributed by atoms with Crippen LogP contribution in [0.1, 0.15) is 29.4 Å². The number of nitrogens with one attached hydrogen (secondary N) is 2. The van der Waals surface area contributed by atoms with E-state index in [-0.39, 0.29) is 0 Å². The van der Waals surface area contributed by atoms with Gasteiger partial charge in [0.2, 0.25) is 0 Å². The zero-order valence-electron chi connectivity index (χ0n) is 11.6. The van der Waals surface area contributed by atoms with Gasteiger partial charge in [0.15, 0.2) is 5.96 Å². The average molecular weight is 276 g/mol. The first-order chi connectivity index (χ1) is 9.63. The molecule has 1 aromatic heterocycles. The minimum Gasteiger partial charge on any atom is -0.365 e. The van der Waals surface area contributed by atoms with Gasteiger partial charge >= 0.3 is 0 Å². The van der Waals surface area contributed by atoms with Gasteiger partial charge in [-0.2, -0.15) is 5.10 Å². The van der Waals surface area contributed by atoms with Gasteiger partial charge in [-0.25, -0.2) is 0 Å². The number of fused-ring (bicyclic) bond motifs is 1. The number of nitrogens with two attached hydrogens (primary N) is 1. The normalized spacial score (nSPS) is 24.8. The molecule has 3 rings (SSSR count). The van der Waals surface area contributed by atoms with Crippen LogP contribution in [0, 0.1) is 5.92 Å². The second-order valence-electron chi connectivity index (χ2n) is 5.57. The van der Waals surface area contributed by atoms with Crippen LogP contribution < -0.4 is 16.4 Å². The van der Waals surface area contributed by atoms with Crippen LogP contribution in [0.3, 0.4) is 0 Å². The number of primary amides is 1. The van der Waals surface area contributed by atoms with Crippen molar-refractivity contribution in [1.29, 1.82) is 0 Å². The standard InChI is InChI=1S/C13H20N6O/c1-8-5-15-13(18-8)16-6-9-2-3-19-11(4-9)10(7-17-19)12(14)20/h7-9H,2-6H2,1H3,(H2,14,20)(H2,15,16,18). The zero-order valence-corrected chi connectivity index (χ0v) is 11.6. The maximum Gasteiger partial charge on any atom is 0.252 e. The van der Waals surface area contributed by atoms with E-state index in [0.717, 1.165) is 44.1 Å². The summed E-state index contributed by atoms with van der Waals surface area (Å²) < 4.78 is 1.89. The monoisotopic (exact) mass is 276 g/mol. The van der Waals surface area contributed by atoms with Crippen molar-refractivity contribution in [3.8, 4) is 0 Å². The van der Waals surface area contributed by atoms with E-state index in [4.69, 9.17) is 5.73 Å². The SMILES string of the molecule is CC1CN=C(NCC2CCn3ncc(C(N)=O)c3C2)N1. The third-order valence-corrected chi connectivity index (χ3v) is 3.91. The van der Waals surface area contributed by atoms with Gasteiger partial charge < -0.3 is 16.4 Å². The molecule has 2 aliphatic heterocycles. The maximum absolute atomic E-state index is 11.4. The molecule has 0 saturated heterocycles. The van der Waals surface area contributed by atoms with E-state index in [1.165, 1.54) is 0 Å². The quantitative estimate of drug-likeness (QED) is 0.692. The third-order valence-electron chi connectivity index (χ3n) is 3.91. The second kappa shape index (κ2) is 5.15. The predicted octanol–water partition coefficient (Wildman–Crippen LogP) is -0.518. The van der Waals surface area contributed by atoms with Crippen molar-refractivity contribution in [2.24, 2.45) is 16.6 Å². The summed E-state index contributed by atoms with van der Waals surface area (Å²) in [6.07, 6.45) is 3.45. The molecular formula is C13H20N6O. The Kier molecular flexibility index (Phi) is 3.33. The van der Waals surface area contributed by atoms with Gasteiger partial charge in [0.1, 0.15) is 0 Å². The molecule has 2 aliphatic rings. The van der Waals surface area contributed by atoms with Crippen LogP contribution in [0.15, 0.2) is 11.2 Å². The number of aromatic nitrogens is 2. The molecule has 0 aliphatic carbocycles. The Morgan fingerprint density at radius 2 is 2.50 bits per heavy atom. The van der Waals surface area contributed by atoms with E-state index in [2.05, 4.69) is 27.6 Å². The summed E-state index contributed by atoms with van der Waals surface area (Å²) in [5.41, 5.74) is 6.90. The highest BCUT2D eigenvalue weighted by Crippen LogP contribution is 2.22. The van der Waals surface area contributed by atoms with Gasteiger partial charge in [0.25, 0.3) is 5.91 Å². The molecular weight excluding hydrogens is 256 g/mol. The summed E-state index contributed by atoms with van der Waals surface area (Å²) in [6.45, 7) is 4.62. The number of aryl methyl sites for hydroxylation is 1. The van der Waals surface area contributed by atoms with Crippen molar-refractivity contribution in [3.05, 3.63) is 17.5 Å². The molecule has 0 fully saturated rings. The van der Waals surface area contributed by atoms with Gasteiger partial charge in [0.05, 0.1) is 24.0 Å². The first-order valence-corrected chi connectivity index (χ1v) is 7.03. The minimum atomic E-state index is -0.393. The van der Waals surface area contributed by atoms with Crippen molar-refractivity contribution < 1.29 is 4.79 Å². The number of carbonyl (C=O) groups excluding carboxylic acids is 1. The first-order valence-electron chi connectivity index (χ1n) is 7.03. The largest absolute Gasteiger partial charge is 0.365 e. The number of hydrogen-bond acceptors (Lipinski definition) is 5. The molecule has 0 spiro atoms. The summed E-state index contributed by atoms with van der Waals surface area (Å²) in [4.78, 5) is 15.8. The molecule has 2 unspecified atom stereocenters. The molecule has 1 aromatic rings. The van der Waals surface area contributed by atoms with Crippen molar-refractivity contribution in [1.82, 2.24) is 20.4 Å². The van der Waals surface area contributed by atoms with Gasteiger partial charge in [-0.15, -0.1) is 0 Å². The van der Waals surface area contributed by atoms with Crippen molar-refractivity contribution in [2.45, 2.75) is 32.4 Å². The van der Waals surface area contributed by atoms with Gasteiger partial charge in [-0.3, -0.25) is 14.5 Å². The number of carbonyl (C=O) groups is 1. The van der Waals surface area contributed by atoms with E-state index in [0.29, 0.717) is 17.5 Å². The topological polar surface area (TPSA) is 97.3 Å². The summed E-state index contributed by atoms with van der Waals surface area (Å²) in [6, 6.07) is 0.409. The van der Waals surface area contributed by atoms with Crippen molar-refractivity contribution in [3.63, 3.8) is 0 Å². The number of amides is 1. The highest BCUT2D eigenvalue weighted by atomic mass is 16.1. The Morgan fingerprint density at radius 3 is 3.20 bits per heavy atom. The fourth-order valence-electron chi connectivity index (χ4n) is 2.78. The molecule has 7 heteroatoms. The fourth-order valence-corrected chi connectivity index (χ4v) is 2.78. The molecule has 2 atom stereocenters. The van der Waals surface area contributed by atoms with Gasteiger partial charge in [-0.05, 0) is 25.7 Å². The Labute approximate surface area is 117 Å². The van der Waals surface area contributed by atoms with E-state index in [1.807, 2.05) is 4.68 Å². The number of hydrogen-bond donors (Lipinski definition) is 3. The molecule has 0 bridgehead atoms. The maximum atomic E-state index is 11.4. The van der Waals surface area contributed by atoms with E-state index in [9.17, 15) is 4.79 Å². The summed E-state index contributed by atoms with van der Waals surface area (Å²) >= 11 is 0. The molecule has 108 valence electrons. The van der Waals surface area contributed by atoms with Crippen molar-refractivity contribution in [2.75, 3.05) is 13.1 Å². The lowest BCUT2D eigenvalue weighted by Crippen LogP contribution is -2.41. The molecule has 0 saturated carbocycles. The lowest BCUT2D eigenvalue weighted by molar-refractivity contribution is 0.0998. The minimum absolute atomic E-state index is 0.393. The highest BCUT2D eigenvalue weighted by molar-refractivity contribution is 5.93. The van der Waals surface area contributed by atoms with Gasteiger partial charge in [-0.1, -0.05) is 0 Å². The lowest BCUT2D eigenvalue weighted by Gasteiger charge is -2.24. The number of nitrogens with zero attached hydrogens (tertiary/aromatic N) is 3. The molecule has 3 heterocycles. The van der Waals surface area contributed by atoms with Crippen LogP contribution in [0.2, 0.25) is 0 Å². The number of guanidine groups is 1. The molecule has 20 heavy (non-hydrogen) atoms. The van der Waals surface area contributed by atoms with E-state index >= 15 is 0 Å². The summed E-state index contributed by atoms with van der Waals surface area (Å²) in [5.74, 6) is 0.958. The molecule has 7 nitrogen and oxygen atoms in total. The van der Waals surface area contributed by atoms with Crippen LogP contribution in [-0.2, 0) is 13.0 Å². The Hall–Kier alpha value is -2.05. The Balaban J connectivity index is 1.60. The Bertz CT molecular complexity index is 549. The first kappa shape index (κ1) is 13.0. The van der Waals surface area contributed by atoms with Crippen LogP contribution in [-0.4, -0.2) is 40.8 Å². The smallest absolute Gasteiger partial charge is 0.252 e. The molecule has 0 aromatic carbocycles. The number of rotatable bonds is 3. The Morgan fingerprint density at radius 1 is 1.65 bits per heavy atom. The van der Waals surface area contributed by atoms with Crippen LogP contribution in [0.4, 0.5) is 0 Å². The average Bonchev–Trinajstić information content (AvgIpc) is 3.01. The summed E-state index contributed by atoms with van der Waals surface area (Å²) in [5, 5.41) is 10.9. The fraction of sp³-hybridized carbons (Fsp3) is 0.615. The third kappa shape index (κ3) is 2.48. The second-order valence-corrected chi connectivity index (χ2v) is 5.57. The van der Waals surface area contributed by atoms with Crippen molar-refractivity contribution >= 4 is 11.9 Å². The van der Waals surface area contributed by atoms with E-state index < -0.39 is 5.91 Å². The van der Waals surface area contributed by atoms with E-state index in [1.54, 1.807) is 6.20 Å². The lowest BCUT2D eigenvalue weighted by atomic mass is 9.94.